The van der Waals surface area contributed by atoms with Crippen LogP contribution in [0.25, 0.3) is 0 Å². The fraction of sp³-hybridized carbons (Fsp3) is 0.222. The van der Waals surface area contributed by atoms with Crippen LogP contribution in [0.2, 0.25) is 0 Å². The number of carbonyl (C=O) groups excluding carboxylic acids is 2. The standard InChI is InChI=1S/C18H17F2NO5/c1-25-17(23)16(22)15(12-7-8-13(19)14(20)9-12)21-18(24)26-10-11-5-3-2-4-6-11/h2-9,15-16,22H,10H2,1H3,(H,21,24)/t15-,16+/m0/s1. The van der Waals surface area contributed by atoms with E-state index in [9.17, 15) is 23.5 Å². The van der Waals surface area contributed by atoms with Crippen molar-refractivity contribution in [1.29, 1.82) is 0 Å². The molecule has 6 nitrogen and oxygen atoms in total. The second-order valence-corrected chi connectivity index (χ2v) is 5.33. The van der Waals surface area contributed by atoms with Gasteiger partial charge in [-0.15, -0.1) is 0 Å². The minimum Gasteiger partial charge on any atom is -0.467 e. The average molecular weight is 365 g/mol. The van der Waals surface area contributed by atoms with E-state index in [0.29, 0.717) is 0 Å². The summed E-state index contributed by atoms with van der Waals surface area (Å²) in [5.41, 5.74) is 0.694. The molecule has 0 bridgehead atoms. The third kappa shape index (κ3) is 5.00. The zero-order chi connectivity index (χ0) is 19.1. The first-order chi connectivity index (χ1) is 12.4. The first-order valence-corrected chi connectivity index (χ1v) is 7.60. The van der Waals surface area contributed by atoms with E-state index in [0.717, 1.165) is 30.9 Å². The van der Waals surface area contributed by atoms with Crippen molar-refractivity contribution in [1.82, 2.24) is 5.32 Å². The van der Waals surface area contributed by atoms with Crippen molar-refractivity contribution in [3.63, 3.8) is 0 Å². The number of aliphatic hydroxyl groups is 1. The van der Waals surface area contributed by atoms with Crippen LogP contribution in [0.5, 0.6) is 0 Å². The molecule has 0 aliphatic rings. The lowest BCUT2D eigenvalue weighted by Crippen LogP contribution is -2.41. The van der Waals surface area contributed by atoms with Crippen molar-refractivity contribution in [3.05, 3.63) is 71.3 Å². The Morgan fingerprint density at radius 2 is 1.81 bits per heavy atom. The fourth-order valence-corrected chi connectivity index (χ4v) is 2.20. The lowest BCUT2D eigenvalue weighted by Gasteiger charge is -2.22. The lowest BCUT2D eigenvalue weighted by molar-refractivity contribution is -0.152. The summed E-state index contributed by atoms with van der Waals surface area (Å²) in [6.07, 6.45) is -2.79. The maximum absolute atomic E-state index is 13.5. The monoisotopic (exact) mass is 365 g/mol. The zero-order valence-electron chi connectivity index (χ0n) is 13.8. The van der Waals surface area contributed by atoms with Gasteiger partial charge in [0.2, 0.25) is 0 Å². The molecule has 1 amide bonds. The Bertz CT molecular complexity index is 769. The highest BCUT2D eigenvalue weighted by molar-refractivity contribution is 5.77. The summed E-state index contributed by atoms with van der Waals surface area (Å²) in [6.45, 7) is -0.0501. The molecule has 138 valence electrons. The number of ether oxygens (including phenoxy) is 2. The Labute approximate surface area is 148 Å². The largest absolute Gasteiger partial charge is 0.467 e. The van der Waals surface area contributed by atoms with Crippen LogP contribution < -0.4 is 5.32 Å². The highest BCUT2D eigenvalue weighted by Crippen LogP contribution is 2.21. The van der Waals surface area contributed by atoms with Gasteiger partial charge in [0.1, 0.15) is 6.61 Å². The van der Waals surface area contributed by atoms with Gasteiger partial charge in [-0.1, -0.05) is 36.4 Å². The van der Waals surface area contributed by atoms with Crippen molar-refractivity contribution in [2.45, 2.75) is 18.8 Å². The highest BCUT2D eigenvalue weighted by atomic mass is 19.2. The predicted octanol–water partition coefficient (Wildman–Crippen LogP) is 2.47. The molecule has 0 saturated carbocycles. The van der Waals surface area contributed by atoms with Gasteiger partial charge in [0.25, 0.3) is 0 Å². The van der Waals surface area contributed by atoms with Gasteiger partial charge in [-0.2, -0.15) is 0 Å². The number of methoxy groups -OCH3 is 1. The van der Waals surface area contributed by atoms with E-state index in [-0.39, 0.29) is 12.2 Å². The quantitative estimate of drug-likeness (QED) is 0.769. The molecule has 0 heterocycles. The molecular weight excluding hydrogens is 348 g/mol. The van der Waals surface area contributed by atoms with Gasteiger partial charge in [-0.05, 0) is 23.3 Å². The Kier molecular flexibility index (Phi) is 6.62. The normalized spacial score (nSPS) is 12.8. The number of esters is 1. The van der Waals surface area contributed by atoms with E-state index in [2.05, 4.69) is 10.1 Å². The van der Waals surface area contributed by atoms with Crippen LogP contribution in [-0.2, 0) is 20.9 Å². The van der Waals surface area contributed by atoms with Crippen LogP contribution in [0.4, 0.5) is 13.6 Å². The smallest absolute Gasteiger partial charge is 0.408 e. The minimum absolute atomic E-state index is 0.0292. The van der Waals surface area contributed by atoms with Gasteiger partial charge in [0, 0.05) is 0 Å². The molecule has 2 N–H and O–H groups in total. The Hall–Kier alpha value is -3.00. The molecule has 2 atom stereocenters. The number of halogens is 2. The maximum atomic E-state index is 13.5. The molecule has 0 saturated heterocycles. The minimum atomic E-state index is -1.84. The van der Waals surface area contributed by atoms with Crippen molar-refractivity contribution >= 4 is 12.1 Å². The first-order valence-electron chi connectivity index (χ1n) is 7.60. The van der Waals surface area contributed by atoms with E-state index in [1.807, 2.05) is 0 Å². The summed E-state index contributed by atoms with van der Waals surface area (Å²) in [6, 6.07) is 10.1. The molecule has 0 spiro atoms. The van der Waals surface area contributed by atoms with Crippen LogP contribution in [0, 0.1) is 11.6 Å². The summed E-state index contributed by atoms with van der Waals surface area (Å²) in [7, 11) is 1.04. The molecule has 8 heteroatoms. The van der Waals surface area contributed by atoms with Crippen LogP contribution in [0.15, 0.2) is 48.5 Å². The average Bonchev–Trinajstić information content (AvgIpc) is 2.66. The maximum Gasteiger partial charge on any atom is 0.408 e. The van der Waals surface area contributed by atoms with Crippen molar-refractivity contribution < 1.29 is 33.0 Å². The van der Waals surface area contributed by atoms with E-state index in [4.69, 9.17) is 4.74 Å². The summed E-state index contributed by atoms with van der Waals surface area (Å²) < 4.78 is 36.0. The molecule has 0 aliphatic heterocycles. The molecule has 0 fully saturated rings. The Balaban J connectivity index is 2.13. The summed E-state index contributed by atoms with van der Waals surface area (Å²) >= 11 is 0. The Morgan fingerprint density at radius 1 is 1.12 bits per heavy atom. The summed E-state index contributed by atoms with van der Waals surface area (Å²) in [5, 5.41) is 12.3. The zero-order valence-corrected chi connectivity index (χ0v) is 13.8. The molecule has 0 aliphatic carbocycles. The molecule has 2 rings (SSSR count). The molecule has 26 heavy (non-hydrogen) atoms. The molecule has 2 aromatic carbocycles. The summed E-state index contributed by atoms with van der Waals surface area (Å²) in [4.78, 5) is 23.6. The molecule has 0 unspecified atom stereocenters. The number of nitrogens with one attached hydrogen (secondary N) is 1. The predicted molar refractivity (Wildman–Crippen MR) is 86.9 cm³/mol. The van der Waals surface area contributed by atoms with Crippen LogP contribution in [0.3, 0.4) is 0 Å². The SMILES string of the molecule is COC(=O)[C@H](O)[C@@H](NC(=O)OCc1ccccc1)c1ccc(F)c(F)c1. The third-order valence-corrected chi connectivity index (χ3v) is 3.55. The number of benzene rings is 2. The van der Waals surface area contributed by atoms with Gasteiger partial charge >= 0.3 is 12.1 Å². The van der Waals surface area contributed by atoms with Crippen LogP contribution in [-0.4, -0.2) is 30.4 Å². The van der Waals surface area contributed by atoms with Gasteiger partial charge < -0.3 is 19.9 Å². The second kappa shape index (κ2) is 8.91. The molecular formula is C18H17F2NO5. The molecule has 0 aromatic heterocycles. The second-order valence-electron chi connectivity index (χ2n) is 5.33. The third-order valence-electron chi connectivity index (χ3n) is 3.55. The van der Waals surface area contributed by atoms with Gasteiger partial charge in [0.05, 0.1) is 13.2 Å². The van der Waals surface area contributed by atoms with Crippen molar-refractivity contribution in [3.8, 4) is 0 Å². The fourth-order valence-electron chi connectivity index (χ4n) is 2.20. The summed E-state index contributed by atoms with van der Waals surface area (Å²) in [5.74, 6) is -3.35. The topological polar surface area (TPSA) is 84.9 Å². The van der Waals surface area contributed by atoms with Crippen molar-refractivity contribution in [2.24, 2.45) is 0 Å². The lowest BCUT2D eigenvalue weighted by atomic mass is 10.0. The van der Waals surface area contributed by atoms with Gasteiger partial charge in [-0.3, -0.25) is 0 Å². The van der Waals surface area contributed by atoms with E-state index < -0.39 is 35.8 Å². The van der Waals surface area contributed by atoms with E-state index >= 15 is 0 Å². The number of hydrogen-bond donors (Lipinski definition) is 2. The molecule has 0 radical (unpaired) electrons. The molecule has 2 aromatic rings. The number of hydrogen-bond acceptors (Lipinski definition) is 5. The van der Waals surface area contributed by atoms with Crippen LogP contribution >= 0.6 is 0 Å². The number of alkyl carbamates (subject to hydrolysis) is 1. The highest BCUT2D eigenvalue weighted by Gasteiger charge is 2.31. The number of carbonyl (C=O) groups is 2. The van der Waals surface area contributed by atoms with Crippen LogP contribution in [0.1, 0.15) is 17.2 Å². The van der Waals surface area contributed by atoms with E-state index in [1.165, 1.54) is 0 Å². The first kappa shape index (κ1) is 19.3. The van der Waals surface area contributed by atoms with Gasteiger partial charge in [0.15, 0.2) is 17.7 Å². The van der Waals surface area contributed by atoms with Crippen molar-refractivity contribution in [2.75, 3.05) is 7.11 Å². The number of rotatable bonds is 6. The van der Waals surface area contributed by atoms with Gasteiger partial charge in [-0.25, -0.2) is 18.4 Å². The number of aliphatic hydroxyl groups excluding tert-OH is 1. The Morgan fingerprint density at radius 3 is 2.42 bits per heavy atom. The van der Waals surface area contributed by atoms with E-state index in [1.54, 1.807) is 30.3 Å². The number of amides is 1.